The van der Waals surface area contributed by atoms with Gasteiger partial charge in [0.1, 0.15) is 18.0 Å². The average Bonchev–Trinajstić information content (AvgIpc) is 3.11. The predicted octanol–water partition coefficient (Wildman–Crippen LogP) is 4.28. The highest BCUT2D eigenvalue weighted by molar-refractivity contribution is 5.94. The lowest BCUT2D eigenvalue weighted by Crippen LogP contribution is -2.25. The number of carbonyl (C=O) groups is 1. The summed E-state index contributed by atoms with van der Waals surface area (Å²) >= 11 is 0. The van der Waals surface area contributed by atoms with Crippen LogP contribution < -0.4 is 14.8 Å². The van der Waals surface area contributed by atoms with E-state index in [0.29, 0.717) is 28.7 Å². The minimum atomic E-state index is -0.357. The molecule has 0 fully saturated rings. The molecule has 3 aromatic rings. The van der Waals surface area contributed by atoms with E-state index in [1.165, 1.54) is 12.1 Å². The molecule has 0 unspecified atom stereocenters. The first-order valence-corrected chi connectivity index (χ1v) is 9.44. The number of amides is 1. The minimum absolute atomic E-state index is 0.0632. The fourth-order valence-electron chi connectivity index (χ4n) is 3.62. The molecule has 6 nitrogen and oxygen atoms in total. The summed E-state index contributed by atoms with van der Waals surface area (Å²) in [6.45, 7) is 3.88. The molecule has 0 bridgehead atoms. The van der Waals surface area contributed by atoms with E-state index in [4.69, 9.17) is 9.47 Å². The number of benzene rings is 2. The lowest BCUT2D eigenvalue weighted by molar-refractivity contribution is -0.116. The standard InChI is InChI=1S/C22H22FN3O3/c1-13(2)29-21-16(8-5-9-18(21)28-3)17-11-19(27)25-22-20(17)24-12-26(22)15-7-4-6-14(23)10-15/h4-10,12-13,17H,11H2,1-3H3,(H,25,27)/t17-/m0/s1. The first kappa shape index (κ1) is 19.0. The molecule has 1 aliphatic heterocycles. The molecule has 0 spiro atoms. The number of anilines is 1. The second-order valence-electron chi connectivity index (χ2n) is 7.18. The van der Waals surface area contributed by atoms with Gasteiger partial charge in [-0.25, -0.2) is 9.37 Å². The van der Waals surface area contributed by atoms with Crippen LogP contribution in [0.15, 0.2) is 48.8 Å². The Labute approximate surface area is 168 Å². The monoisotopic (exact) mass is 395 g/mol. The van der Waals surface area contributed by atoms with E-state index < -0.39 is 0 Å². The molecular weight excluding hydrogens is 373 g/mol. The Bertz CT molecular complexity index is 1060. The van der Waals surface area contributed by atoms with Gasteiger partial charge < -0.3 is 14.8 Å². The van der Waals surface area contributed by atoms with Crippen molar-refractivity contribution < 1.29 is 18.7 Å². The maximum absolute atomic E-state index is 13.7. The zero-order chi connectivity index (χ0) is 20.5. The maximum Gasteiger partial charge on any atom is 0.226 e. The van der Waals surface area contributed by atoms with Gasteiger partial charge in [0.25, 0.3) is 0 Å². The summed E-state index contributed by atoms with van der Waals surface area (Å²) in [4.78, 5) is 17.1. The Kier molecular flexibility index (Phi) is 4.96. The van der Waals surface area contributed by atoms with Gasteiger partial charge in [-0.2, -0.15) is 0 Å². The normalized spacial score (nSPS) is 15.8. The number of imidazole rings is 1. The summed E-state index contributed by atoms with van der Waals surface area (Å²) in [6, 6.07) is 11.8. The van der Waals surface area contributed by atoms with Gasteiger partial charge in [0.15, 0.2) is 11.5 Å². The third-order valence-electron chi connectivity index (χ3n) is 4.82. The molecule has 150 valence electrons. The molecule has 7 heteroatoms. The molecule has 0 saturated carbocycles. The van der Waals surface area contributed by atoms with E-state index in [9.17, 15) is 9.18 Å². The van der Waals surface area contributed by atoms with Crippen molar-refractivity contribution in [3.8, 4) is 17.2 Å². The quantitative estimate of drug-likeness (QED) is 0.700. The highest BCUT2D eigenvalue weighted by atomic mass is 19.1. The van der Waals surface area contributed by atoms with Crippen LogP contribution in [-0.4, -0.2) is 28.7 Å². The van der Waals surface area contributed by atoms with Gasteiger partial charge >= 0.3 is 0 Å². The van der Waals surface area contributed by atoms with Crippen LogP contribution in [-0.2, 0) is 4.79 Å². The number of halogens is 1. The largest absolute Gasteiger partial charge is 0.493 e. The SMILES string of the molecule is COc1cccc([C@@H]2CC(=O)Nc3c2ncn3-c2cccc(F)c2)c1OC(C)C. The van der Waals surface area contributed by atoms with E-state index in [-0.39, 0.29) is 30.2 Å². The number of hydrogen-bond acceptors (Lipinski definition) is 4. The third kappa shape index (κ3) is 3.55. The summed E-state index contributed by atoms with van der Waals surface area (Å²) in [7, 11) is 1.59. The number of ether oxygens (including phenoxy) is 2. The fourth-order valence-corrected chi connectivity index (χ4v) is 3.62. The van der Waals surface area contributed by atoms with Gasteiger partial charge in [0, 0.05) is 17.9 Å². The summed E-state index contributed by atoms with van der Waals surface area (Å²) < 4.78 is 26.9. The molecule has 1 aliphatic rings. The number of methoxy groups -OCH3 is 1. The van der Waals surface area contributed by atoms with Crippen molar-refractivity contribution in [1.29, 1.82) is 0 Å². The fraction of sp³-hybridized carbons (Fsp3) is 0.273. The van der Waals surface area contributed by atoms with Crippen molar-refractivity contribution in [3.05, 3.63) is 65.9 Å². The number of fused-ring (bicyclic) bond motifs is 1. The van der Waals surface area contributed by atoms with Gasteiger partial charge in [-0.15, -0.1) is 0 Å². The molecule has 0 saturated heterocycles. The molecular formula is C22H22FN3O3. The Balaban J connectivity index is 1.84. The van der Waals surface area contributed by atoms with Crippen molar-refractivity contribution >= 4 is 11.7 Å². The van der Waals surface area contributed by atoms with Crippen molar-refractivity contribution in [2.24, 2.45) is 0 Å². The summed E-state index contributed by atoms with van der Waals surface area (Å²) in [5.74, 6) is 0.944. The Morgan fingerprint density at radius 1 is 1.24 bits per heavy atom. The molecule has 2 heterocycles. The molecule has 1 N–H and O–H groups in total. The van der Waals surface area contributed by atoms with Gasteiger partial charge in [-0.1, -0.05) is 18.2 Å². The van der Waals surface area contributed by atoms with Crippen LogP contribution >= 0.6 is 0 Å². The van der Waals surface area contributed by atoms with Gasteiger partial charge in [-0.05, 0) is 38.1 Å². The molecule has 4 rings (SSSR count). The lowest BCUT2D eigenvalue weighted by Gasteiger charge is -2.26. The van der Waals surface area contributed by atoms with Gasteiger partial charge in [-0.3, -0.25) is 9.36 Å². The van der Waals surface area contributed by atoms with E-state index in [1.54, 1.807) is 30.1 Å². The number of hydrogen-bond donors (Lipinski definition) is 1. The topological polar surface area (TPSA) is 65.4 Å². The van der Waals surface area contributed by atoms with Crippen LogP contribution in [0.25, 0.3) is 5.69 Å². The first-order valence-electron chi connectivity index (χ1n) is 9.44. The highest BCUT2D eigenvalue weighted by Gasteiger charge is 2.33. The van der Waals surface area contributed by atoms with Crippen molar-refractivity contribution in [3.63, 3.8) is 0 Å². The summed E-state index contributed by atoms with van der Waals surface area (Å²) in [6.07, 6.45) is 1.77. The van der Waals surface area contributed by atoms with Gasteiger partial charge in [0.05, 0.1) is 24.6 Å². The second kappa shape index (κ2) is 7.58. The molecule has 2 aromatic carbocycles. The van der Waals surface area contributed by atoms with Crippen LogP contribution in [0.1, 0.15) is 37.4 Å². The van der Waals surface area contributed by atoms with E-state index in [0.717, 1.165) is 5.56 Å². The Morgan fingerprint density at radius 3 is 2.76 bits per heavy atom. The number of carbonyl (C=O) groups excluding carboxylic acids is 1. The van der Waals surface area contributed by atoms with Crippen LogP contribution in [0.4, 0.5) is 10.2 Å². The van der Waals surface area contributed by atoms with Crippen LogP contribution in [0.2, 0.25) is 0 Å². The summed E-state index contributed by atoms with van der Waals surface area (Å²) in [5, 5.41) is 2.88. The first-order chi connectivity index (χ1) is 14.0. The van der Waals surface area contributed by atoms with Crippen LogP contribution in [0, 0.1) is 5.82 Å². The lowest BCUT2D eigenvalue weighted by atomic mass is 9.89. The third-order valence-corrected chi connectivity index (χ3v) is 4.82. The van der Waals surface area contributed by atoms with Crippen molar-refractivity contribution in [1.82, 2.24) is 9.55 Å². The van der Waals surface area contributed by atoms with E-state index in [2.05, 4.69) is 10.3 Å². The van der Waals surface area contributed by atoms with Gasteiger partial charge in [0.2, 0.25) is 5.91 Å². The zero-order valence-electron chi connectivity index (χ0n) is 16.5. The van der Waals surface area contributed by atoms with E-state index in [1.807, 2.05) is 32.0 Å². The predicted molar refractivity (Wildman–Crippen MR) is 107 cm³/mol. The van der Waals surface area contributed by atoms with Crippen LogP contribution in [0.3, 0.4) is 0 Å². The number of para-hydroxylation sites is 1. The number of nitrogens with zero attached hydrogens (tertiary/aromatic N) is 2. The molecule has 1 aromatic heterocycles. The highest BCUT2D eigenvalue weighted by Crippen LogP contribution is 2.44. The minimum Gasteiger partial charge on any atom is -0.493 e. The molecule has 1 amide bonds. The Morgan fingerprint density at radius 2 is 2.03 bits per heavy atom. The van der Waals surface area contributed by atoms with Crippen molar-refractivity contribution in [2.75, 3.05) is 12.4 Å². The Hall–Kier alpha value is -3.35. The van der Waals surface area contributed by atoms with E-state index >= 15 is 0 Å². The van der Waals surface area contributed by atoms with Crippen molar-refractivity contribution in [2.45, 2.75) is 32.3 Å². The molecule has 0 radical (unpaired) electrons. The maximum atomic E-state index is 13.7. The number of aromatic nitrogens is 2. The molecule has 1 atom stereocenters. The smallest absolute Gasteiger partial charge is 0.226 e. The zero-order valence-corrected chi connectivity index (χ0v) is 16.5. The molecule has 0 aliphatic carbocycles. The number of rotatable bonds is 5. The molecule has 29 heavy (non-hydrogen) atoms. The average molecular weight is 395 g/mol. The number of nitrogens with one attached hydrogen (secondary N) is 1. The van der Waals surface area contributed by atoms with Crippen LogP contribution in [0.5, 0.6) is 11.5 Å². The second-order valence-corrected chi connectivity index (χ2v) is 7.18. The summed E-state index contributed by atoms with van der Waals surface area (Å²) in [5.41, 5.74) is 2.12.